The van der Waals surface area contributed by atoms with Crippen LogP contribution in [0.25, 0.3) is 0 Å². The van der Waals surface area contributed by atoms with Crippen LogP contribution in [0.1, 0.15) is 26.7 Å². The van der Waals surface area contributed by atoms with Gasteiger partial charge in [-0.3, -0.25) is 9.00 Å². The maximum absolute atomic E-state index is 12.3. The molecule has 0 heterocycles. The van der Waals surface area contributed by atoms with Crippen molar-refractivity contribution in [3.8, 4) is 0 Å². The molecule has 0 fully saturated rings. The molecule has 0 aromatic heterocycles. The maximum atomic E-state index is 12.3. The summed E-state index contributed by atoms with van der Waals surface area (Å²) < 4.78 is 12.3. The van der Waals surface area contributed by atoms with Crippen LogP contribution >= 0.6 is 0 Å². The van der Waals surface area contributed by atoms with Gasteiger partial charge in [0.15, 0.2) is 0 Å². The number of carbonyl (C=O) groups is 1. The molecule has 1 atom stereocenters. The Kier molecular flexibility index (Phi) is 4.94. The smallest absolute Gasteiger partial charge is 0.135 e. The van der Waals surface area contributed by atoms with E-state index in [0.717, 1.165) is 4.90 Å². The average Bonchev–Trinajstić information content (AvgIpc) is 2.29. The number of ketones is 1. The van der Waals surface area contributed by atoms with E-state index in [1.54, 1.807) is 0 Å². The molecule has 0 aliphatic rings. The Labute approximate surface area is 104 Å². The maximum Gasteiger partial charge on any atom is 0.135 e. The zero-order valence-corrected chi connectivity index (χ0v) is 11.3. The van der Waals surface area contributed by atoms with Gasteiger partial charge in [0.25, 0.3) is 0 Å². The average molecular weight is 252 g/mol. The molecule has 0 bridgehead atoms. The van der Waals surface area contributed by atoms with E-state index < -0.39 is 9.52 Å². The van der Waals surface area contributed by atoms with Gasteiger partial charge in [0, 0.05) is 23.0 Å². The van der Waals surface area contributed by atoms with E-state index in [2.05, 4.69) is 5.87 Å². The predicted octanol–water partition coefficient (Wildman–Crippen LogP) is 2.77. The summed E-state index contributed by atoms with van der Waals surface area (Å²) in [4.78, 5) is 12.2. The SMILES string of the molecule is C=S(=O)(CCCC(=O)C(C)C)c1ccccc1. The van der Waals surface area contributed by atoms with Crippen LogP contribution in [-0.4, -0.2) is 21.6 Å². The molecule has 0 N–H and O–H groups in total. The van der Waals surface area contributed by atoms with Crippen molar-refractivity contribution in [3.63, 3.8) is 0 Å². The third kappa shape index (κ3) is 4.35. The zero-order valence-electron chi connectivity index (χ0n) is 10.5. The molecule has 0 aliphatic heterocycles. The fraction of sp³-hybridized carbons (Fsp3) is 0.429. The molecular weight excluding hydrogens is 232 g/mol. The van der Waals surface area contributed by atoms with Crippen LogP contribution < -0.4 is 0 Å². The Morgan fingerprint density at radius 1 is 1.29 bits per heavy atom. The summed E-state index contributed by atoms with van der Waals surface area (Å²) in [5.41, 5.74) is 0. The second kappa shape index (κ2) is 6.01. The summed E-state index contributed by atoms with van der Waals surface area (Å²) >= 11 is 0. The van der Waals surface area contributed by atoms with Crippen LogP contribution in [0.5, 0.6) is 0 Å². The van der Waals surface area contributed by atoms with E-state index in [9.17, 15) is 9.00 Å². The lowest BCUT2D eigenvalue weighted by molar-refractivity contribution is -0.121. The topological polar surface area (TPSA) is 34.1 Å². The number of hydrogen-bond donors (Lipinski definition) is 0. The van der Waals surface area contributed by atoms with E-state index in [0.29, 0.717) is 18.6 Å². The molecule has 0 radical (unpaired) electrons. The minimum absolute atomic E-state index is 0.0626. The Bertz CT molecular complexity index is 458. The Morgan fingerprint density at radius 2 is 1.88 bits per heavy atom. The second-order valence-electron chi connectivity index (χ2n) is 4.55. The van der Waals surface area contributed by atoms with Crippen molar-refractivity contribution < 1.29 is 9.00 Å². The number of rotatable bonds is 6. The molecular formula is C14H20O2S. The monoisotopic (exact) mass is 252 g/mol. The first-order valence-corrected chi connectivity index (χ1v) is 7.76. The number of benzene rings is 1. The fourth-order valence-electron chi connectivity index (χ4n) is 1.55. The fourth-order valence-corrected chi connectivity index (χ4v) is 3.05. The van der Waals surface area contributed by atoms with Crippen LogP contribution in [0.4, 0.5) is 0 Å². The summed E-state index contributed by atoms with van der Waals surface area (Å²) in [5.74, 6) is 4.57. The minimum atomic E-state index is -2.23. The summed E-state index contributed by atoms with van der Waals surface area (Å²) in [6.07, 6.45) is 1.14. The van der Waals surface area contributed by atoms with Gasteiger partial charge in [-0.05, 0) is 33.9 Å². The van der Waals surface area contributed by atoms with E-state index in [1.165, 1.54) is 0 Å². The lowest BCUT2D eigenvalue weighted by Crippen LogP contribution is -2.11. The molecule has 0 aliphatic carbocycles. The predicted molar refractivity (Wildman–Crippen MR) is 73.9 cm³/mol. The molecule has 1 unspecified atom stereocenters. The highest BCUT2D eigenvalue weighted by Crippen LogP contribution is 2.13. The Hall–Kier alpha value is -1.09. The van der Waals surface area contributed by atoms with Crippen molar-refractivity contribution >= 4 is 21.2 Å². The van der Waals surface area contributed by atoms with Gasteiger partial charge in [0.05, 0.1) is 0 Å². The van der Waals surface area contributed by atoms with Gasteiger partial charge in [-0.25, -0.2) is 0 Å². The van der Waals surface area contributed by atoms with Crippen LogP contribution in [-0.2, 0) is 14.3 Å². The third-order valence-electron chi connectivity index (χ3n) is 2.71. The molecule has 1 aromatic carbocycles. The van der Waals surface area contributed by atoms with E-state index >= 15 is 0 Å². The summed E-state index contributed by atoms with van der Waals surface area (Å²) in [5, 5.41) is 0. The first kappa shape index (κ1) is 14.0. The molecule has 0 spiro atoms. The normalized spacial score (nSPS) is 14.5. The zero-order chi connectivity index (χ0) is 12.9. The van der Waals surface area contributed by atoms with Gasteiger partial charge < -0.3 is 0 Å². The number of hydrogen-bond acceptors (Lipinski definition) is 2. The van der Waals surface area contributed by atoms with Crippen LogP contribution in [0.15, 0.2) is 35.2 Å². The molecule has 2 nitrogen and oxygen atoms in total. The Balaban J connectivity index is 2.55. The second-order valence-corrected chi connectivity index (χ2v) is 7.06. The first-order chi connectivity index (χ1) is 7.93. The van der Waals surface area contributed by atoms with Gasteiger partial charge in [-0.1, -0.05) is 32.0 Å². The largest absolute Gasteiger partial charge is 0.299 e. The molecule has 0 amide bonds. The molecule has 3 heteroatoms. The van der Waals surface area contributed by atoms with Crippen LogP contribution in [0.3, 0.4) is 0 Å². The van der Waals surface area contributed by atoms with Crippen molar-refractivity contribution in [3.05, 3.63) is 30.3 Å². The van der Waals surface area contributed by atoms with Crippen molar-refractivity contribution in [2.45, 2.75) is 31.6 Å². The van der Waals surface area contributed by atoms with Crippen LogP contribution in [0.2, 0.25) is 0 Å². The summed E-state index contributed by atoms with van der Waals surface area (Å²) in [6.45, 7) is 3.78. The molecule has 0 saturated heterocycles. The van der Waals surface area contributed by atoms with Crippen molar-refractivity contribution in [1.29, 1.82) is 0 Å². The van der Waals surface area contributed by atoms with Crippen LogP contribution in [0, 0.1) is 5.92 Å². The quantitative estimate of drug-likeness (QED) is 0.730. The minimum Gasteiger partial charge on any atom is -0.299 e. The Morgan fingerprint density at radius 3 is 2.41 bits per heavy atom. The van der Waals surface area contributed by atoms with E-state index in [4.69, 9.17) is 0 Å². The lowest BCUT2D eigenvalue weighted by atomic mass is 10.1. The van der Waals surface area contributed by atoms with Crippen molar-refractivity contribution in [2.24, 2.45) is 5.92 Å². The highest BCUT2D eigenvalue weighted by molar-refractivity contribution is 8.00. The molecule has 1 rings (SSSR count). The molecule has 1 aromatic rings. The van der Waals surface area contributed by atoms with Gasteiger partial charge >= 0.3 is 0 Å². The van der Waals surface area contributed by atoms with Crippen molar-refractivity contribution in [2.75, 3.05) is 5.75 Å². The molecule has 0 saturated carbocycles. The number of carbonyl (C=O) groups excluding carboxylic acids is 1. The lowest BCUT2D eigenvalue weighted by Gasteiger charge is -2.09. The summed E-state index contributed by atoms with van der Waals surface area (Å²) in [6, 6.07) is 9.28. The molecule has 94 valence electrons. The van der Waals surface area contributed by atoms with Crippen molar-refractivity contribution in [1.82, 2.24) is 0 Å². The standard InChI is InChI=1S/C14H20O2S/c1-12(2)14(15)10-7-11-17(3,16)13-8-5-4-6-9-13/h4-6,8-9,12H,3,7,10-11H2,1-2H3. The molecule has 17 heavy (non-hydrogen) atoms. The highest BCUT2D eigenvalue weighted by Gasteiger charge is 2.10. The van der Waals surface area contributed by atoms with Gasteiger partial charge in [0.2, 0.25) is 0 Å². The first-order valence-electron chi connectivity index (χ1n) is 5.86. The highest BCUT2D eigenvalue weighted by atomic mass is 32.2. The number of Topliss-reactive ketones (excluding diaryl/α,β-unsaturated/α-hetero) is 1. The van der Waals surface area contributed by atoms with E-state index in [-0.39, 0.29) is 11.7 Å². The van der Waals surface area contributed by atoms with E-state index in [1.807, 2.05) is 44.2 Å². The summed E-state index contributed by atoms with van der Waals surface area (Å²) in [7, 11) is -2.23. The van der Waals surface area contributed by atoms with Gasteiger partial charge in [-0.2, -0.15) is 0 Å². The van der Waals surface area contributed by atoms with Gasteiger partial charge in [-0.15, -0.1) is 0 Å². The van der Waals surface area contributed by atoms with Gasteiger partial charge in [0.1, 0.15) is 5.78 Å². The third-order valence-corrected chi connectivity index (χ3v) is 4.79.